The highest BCUT2D eigenvalue weighted by Crippen LogP contribution is 2.12. The molecule has 1 aliphatic heterocycles. The van der Waals surface area contributed by atoms with Gasteiger partial charge in [0.15, 0.2) is 0 Å². The molecule has 1 saturated heterocycles. The third-order valence-corrected chi connectivity index (χ3v) is 2.77. The van der Waals surface area contributed by atoms with E-state index in [9.17, 15) is 5.11 Å². The van der Waals surface area contributed by atoms with Crippen molar-refractivity contribution >= 4 is 0 Å². The van der Waals surface area contributed by atoms with Crippen molar-refractivity contribution in [3.63, 3.8) is 0 Å². The van der Waals surface area contributed by atoms with Crippen molar-refractivity contribution in [3.8, 4) is 0 Å². The van der Waals surface area contributed by atoms with Crippen LogP contribution >= 0.6 is 0 Å². The molecule has 0 saturated carbocycles. The summed E-state index contributed by atoms with van der Waals surface area (Å²) in [5.74, 6) is 0. The van der Waals surface area contributed by atoms with E-state index in [-0.39, 0.29) is 6.10 Å². The predicted molar refractivity (Wildman–Crippen MR) is 53.8 cm³/mol. The van der Waals surface area contributed by atoms with Gasteiger partial charge in [0, 0.05) is 32.4 Å². The first-order valence-electron chi connectivity index (χ1n) is 5.19. The Morgan fingerprint density at radius 2 is 2.50 bits per heavy atom. The number of likely N-dealkylation sites (tertiary alicyclic amines) is 1. The van der Waals surface area contributed by atoms with Crippen LogP contribution in [0.15, 0.2) is 12.5 Å². The molecular formula is C10H17N3O. The second-order valence-corrected chi connectivity index (χ2v) is 3.85. The minimum Gasteiger partial charge on any atom is -0.392 e. The molecule has 0 bridgehead atoms. The van der Waals surface area contributed by atoms with Crippen LogP contribution < -0.4 is 0 Å². The van der Waals surface area contributed by atoms with Gasteiger partial charge in [0.05, 0.1) is 18.1 Å². The van der Waals surface area contributed by atoms with E-state index in [0.29, 0.717) is 0 Å². The molecule has 78 valence electrons. The first-order chi connectivity index (χ1) is 6.79. The van der Waals surface area contributed by atoms with Crippen LogP contribution in [0.2, 0.25) is 0 Å². The number of imidazole rings is 1. The predicted octanol–water partition coefficient (Wildman–Crippen LogP) is 0.470. The molecule has 4 heteroatoms. The van der Waals surface area contributed by atoms with Crippen LogP contribution in [-0.4, -0.2) is 38.8 Å². The Balaban J connectivity index is 1.97. The SMILES string of the molecule is CCn1cncc1CN1CCC(O)C1. The molecule has 1 fully saturated rings. The van der Waals surface area contributed by atoms with E-state index >= 15 is 0 Å². The second-order valence-electron chi connectivity index (χ2n) is 3.85. The van der Waals surface area contributed by atoms with Crippen molar-refractivity contribution < 1.29 is 5.11 Å². The lowest BCUT2D eigenvalue weighted by atomic mass is 10.3. The van der Waals surface area contributed by atoms with E-state index in [1.165, 1.54) is 5.69 Å². The minimum atomic E-state index is -0.131. The zero-order valence-electron chi connectivity index (χ0n) is 8.56. The molecule has 1 N–H and O–H groups in total. The van der Waals surface area contributed by atoms with Gasteiger partial charge in [0.2, 0.25) is 0 Å². The Kier molecular flexibility index (Phi) is 2.84. The summed E-state index contributed by atoms with van der Waals surface area (Å²) in [6.45, 7) is 5.78. The smallest absolute Gasteiger partial charge is 0.0948 e. The van der Waals surface area contributed by atoms with Crippen molar-refractivity contribution in [3.05, 3.63) is 18.2 Å². The lowest BCUT2D eigenvalue weighted by Gasteiger charge is -2.15. The van der Waals surface area contributed by atoms with Gasteiger partial charge in [0.1, 0.15) is 0 Å². The van der Waals surface area contributed by atoms with Gasteiger partial charge < -0.3 is 9.67 Å². The maximum atomic E-state index is 9.39. The molecule has 2 heterocycles. The monoisotopic (exact) mass is 195 g/mol. The van der Waals surface area contributed by atoms with Crippen LogP contribution in [0.4, 0.5) is 0 Å². The van der Waals surface area contributed by atoms with Crippen LogP contribution in [0.25, 0.3) is 0 Å². The van der Waals surface area contributed by atoms with Crippen LogP contribution in [0.5, 0.6) is 0 Å². The van der Waals surface area contributed by atoms with Crippen molar-refractivity contribution in [2.45, 2.75) is 32.5 Å². The number of β-amino-alcohol motifs (C(OH)–C–C–N with tert-alkyl or cyclic N) is 1. The Morgan fingerprint density at radius 3 is 3.14 bits per heavy atom. The summed E-state index contributed by atoms with van der Waals surface area (Å²) >= 11 is 0. The third-order valence-electron chi connectivity index (χ3n) is 2.77. The number of aliphatic hydroxyl groups excluding tert-OH is 1. The molecule has 14 heavy (non-hydrogen) atoms. The van der Waals surface area contributed by atoms with Crippen molar-refractivity contribution in [1.82, 2.24) is 14.5 Å². The first kappa shape index (κ1) is 9.68. The molecule has 0 amide bonds. The van der Waals surface area contributed by atoms with Gasteiger partial charge >= 0.3 is 0 Å². The van der Waals surface area contributed by atoms with Gasteiger partial charge in [-0.2, -0.15) is 0 Å². The van der Waals surface area contributed by atoms with Gasteiger partial charge in [0.25, 0.3) is 0 Å². The highest BCUT2D eigenvalue weighted by molar-refractivity contribution is 4.99. The maximum absolute atomic E-state index is 9.39. The molecule has 2 rings (SSSR count). The lowest BCUT2D eigenvalue weighted by molar-refractivity contribution is 0.174. The van der Waals surface area contributed by atoms with E-state index in [1.807, 2.05) is 12.5 Å². The summed E-state index contributed by atoms with van der Waals surface area (Å²) in [6.07, 6.45) is 4.55. The standard InChI is InChI=1S/C10H17N3O/c1-2-13-8-11-5-9(13)6-12-4-3-10(14)7-12/h5,8,10,14H,2-4,6-7H2,1H3. The summed E-state index contributed by atoms with van der Waals surface area (Å²) in [5, 5.41) is 9.39. The quantitative estimate of drug-likeness (QED) is 0.762. The molecule has 0 radical (unpaired) electrons. The molecule has 1 aromatic rings. The van der Waals surface area contributed by atoms with Gasteiger partial charge in [-0.15, -0.1) is 0 Å². The van der Waals surface area contributed by atoms with Crippen LogP contribution in [-0.2, 0) is 13.1 Å². The average Bonchev–Trinajstić information content (AvgIpc) is 2.76. The van der Waals surface area contributed by atoms with E-state index in [0.717, 1.165) is 32.6 Å². The number of nitrogens with zero attached hydrogens (tertiary/aromatic N) is 3. The van der Waals surface area contributed by atoms with Gasteiger partial charge in [-0.3, -0.25) is 4.90 Å². The fourth-order valence-corrected chi connectivity index (χ4v) is 1.95. The van der Waals surface area contributed by atoms with E-state index in [1.54, 1.807) is 0 Å². The van der Waals surface area contributed by atoms with Crippen molar-refractivity contribution in [2.24, 2.45) is 0 Å². The third kappa shape index (κ3) is 1.96. The number of aromatic nitrogens is 2. The Bertz CT molecular complexity index is 297. The Labute approximate surface area is 84.2 Å². The van der Waals surface area contributed by atoms with E-state index in [4.69, 9.17) is 0 Å². The number of hydrogen-bond acceptors (Lipinski definition) is 3. The summed E-state index contributed by atoms with van der Waals surface area (Å²) < 4.78 is 2.14. The van der Waals surface area contributed by atoms with Crippen LogP contribution in [0.1, 0.15) is 19.0 Å². The normalized spacial score (nSPS) is 23.1. The Morgan fingerprint density at radius 1 is 1.64 bits per heavy atom. The minimum absolute atomic E-state index is 0.131. The molecular weight excluding hydrogens is 178 g/mol. The molecule has 0 aliphatic carbocycles. The summed E-state index contributed by atoms with van der Waals surface area (Å²) in [4.78, 5) is 6.40. The zero-order valence-corrected chi connectivity index (χ0v) is 8.56. The summed E-state index contributed by atoms with van der Waals surface area (Å²) in [7, 11) is 0. The van der Waals surface area contributed by atoms with E-state index in [2.05, 4.69) is 21.4 Å². The number of aryl methyl sites for hydroxylation is 1. The average molecular weight is 195 g/mol. The molecule has 1 aliphatic rings. The fraction of sp³-hybridized carbons (Fsp3) is 0.700. The molecule has 4 nitrogen and oxygen atoms in total. The zero-order chi connectivity index (χ0) is 9.97. The van der Waals surface area contributed by atoms with Crippen molar-refractivity contribution in [1.29, 1.82) is 0 Å². The maximum Gasteiger partial charge on any atom is 0.0948 e. The molecule has 1 atom stereocenters. The molecule has 0 aromatic carbocycles. The topological polar surface area (TPSA) is 41.3 Å². The molecule has 1 unspecified atom stereocenters. The highest BCUT2D eigenvalue weighted by atomic mass is 16.3. The van der Waals surface area contributed by atoms with Crippen LogP contribution in [0, 0.1) is 0 Å². The van der Waals surface area contributed by atoms with Gasteiger partial charge in [-0.25, -0.2) is 4.98 Å². The fourth-order valence-electron chi connectivity index (χ4n) is 1.95. The highest BCUT2D eigenvalue weighted by Gasteiger charge is 2.20. The lowest BCUT2D eigenvalue weighted by Crippen LogP contribution is -2.22. The summed E-state index contributed by atoms with van der Waals surface area (Å²) in [6, 6.07) is 0. The molecule has 1 aromatic heterocycles. The van der Waals surface area contributed by atoms with Gasteiger partial charge in [-0.05, 0) is 13.3 Å². The number of rotatable bonds is 3. The van der Waals surface area contributed by atoms with E-state index < -0.39 is 0 Å². The Hall–Kier alpha value is -0.870. The largest absolute Gasteiger partial charge is 0.392 e. The molecule has 0 spiro atoms. The number of hydrogen-bond donors (Lipinski definition) is 1. The first-order valence-corrected chi connectivity index (χ1v) is 5.19. The summed E-state index contributed by atoms with van der Waals surface area (Å²) in [5.41, 5.74) is 1.24. The second kappa shape index (κ2) is 4.11. The van der Waals surface area contributed by atoms with Crippen molar-refractivity contribution in [2.75, 3.05) is 13.1 Å². The van der Waals surface area contributed by atoms with Crippen LogP contribution in [0.3, 0.4) is 0 Å². The number of aliphatic hydroxyl groups is 1. The van der Waals surface area contributed by atoms with Gasteiger partial charge in [-0.1, -0.05) is 0 Å².